The monoisotopic (exact) mass is 623 g/mol. The number of aryl methyl sites for hydroxylation is 1. The molecule has 1 atom stereocenters. The van der Waals surface area contributed by atoms with E-state index in [4.69, 9.17) is 34.8 Å². The normalized spacial score (nSPS) is 12.5. The van der Waals surface area contributed by atoms with Crippen molar-refractivity contribution in [3.63, 3.8) is 0 Å². The van der Waals surface area contributed by atoms with E-state index in [1.54, 1.807) is 55.5 Å². The zero-order valence-corrected chi connectivity index (χ0v) is 26.0. The number of sulfonamides is 1. The zero-order chi connectivity index (χ0) is 29.8. The molecule has 3 aromatic rings. The van der Waals surface area contributed by atoms with Gasteiger partial charge >= 0.3 is 0 Å². The van der Waals surface area contributed by atoms with Gasteiger partial charge in [-0.15, -0.1) is 0 Å². The molecule has 3 aromatic carbocycles. The van der Waals surface area contributed by atoms with Gasteiger partial charge in [-0.25, -0.2) is 8.42 Å². The fourth-order valence-corrected chi connectivity index (χ4v) is 5.80. The van der Waals surface area contributed by atoms with Crippen LogP contribution < -0.4 is 9.62 Å². The Kier molecular flexibility index (Phi) is 10.2. The second kappa shape index (κ2) is 12.8. The first-order chi connectivity index (χ1) is 18.6. The van der Waals surface area contributed by atoms with Crippen molar-refractivity contribution in [3.05, 3.63) is 92.9 Å². The van der Waals surface area contributed by atoms with Gasteiger partial charge in [0.25, 0.3) is 10.0 Å². The van der Waals surface area contributed by atoms with Crippen LogP contribution in [0.2, 0.25) is 15.1 Å². The van der Waals surface area contributed by atoms with Crippen molar-refractivity contribution in [2.45, 2.75) is 57.6 Å². The summed E-state index contributed by atoms with van der Waals surface area (Å²) in [5, 5.41) is 3.83. The summed E-state index contributed by atoms with van der Waals surface area (Å²) in [6.45, 7) is 8.34. The molecular weight excluding hydrogens is 593 g/mol. The Morgan fingerprint density at radius 2 is 1.57 bits per heavy atom. The van der Waals surface area contributed by atoms with Crippen LogP contribution in [0.1, 0.15) is 38.8 Å². The van der Waals surface area contributed by atoms with E-state index in [1.165, 1.54) is 23.1 Å². The molecule has 1 N–H and O–H groups in total. The number of nitrogens with zero attached hydrogens (tertiary/aromatic N) is 2. The molecule has 40 heavy (non-hydrogen) atoms. The molecule has 0 radical (unpaired) electrons. The predicted molar refractivity (Wildman–Crippen MR) is 162 cm³/mol. The number of nitrogens with one attached hydrogen (secondary N) is 1. The van der Waals surface area contributed by atoms with Gasteiger partial charge in [-0.2, -0.15) is 0 Å². The quantitative estimate of drug-likeness (QED) is 0.295. The van der Waals surface area contributed by atoms with E-state index in [0.29, 0.717) is 20.6 Å². The van der Waals surface area contributed by atoms with Crippen molar-refractivity contribution in [3.8, 4) is 0 Å². The van der Waals surface area contributed by atoms with Gasteiger partial charge in [0.15, 0.2) is 0 Å². The highest BCUT2D eigenvalue weighted by molar-refractivity contribution is 7.92. The average Bonchev–Trinajstić information content (AvgIpc) is 2.86. The lowest BCUT2D eigenvalue weighted by Crippen LogP contribution is -2.54. The standard InChI is InChI=1S/C29H32Cl3N3O4S/c1-19-9-12-24(13-10-19)40(38,39)35(23-8-6-7-22(30)16-23)18-27(36)34(20(2)28(37)33-29(3,4)5)17-21-11-14-25(31)26(32)15-21/h6-16,20H,17-18H2,1-5H3,(H,33,37)/t20-/m0/s1. The van der Waals surface area contributed by atoms with Gasteiger partial charge in [0, 0.05) is 17.1 Å². The first-order valence-electron chi connectivity index (χ1n) is 12.5. The fraction of sp³-hybridized carbons (Fsp3) is 0.310. The molecule has 2 amide bonds. The number of halogens is 3. The van der Waals surface area contributed by atoms with Crippen molar-refractivity contribution in [2.24, 2.45) is 0 Å². The molecule has 0 bridgehead atoms. The molecule has 0 unspecified atom stereocenters. The molecule has 0 spiro atoms. The summed E-state index contributed by atoms with van der Waals surface area (Å²) in [5.74, 6) is -0.991. The number of hydrogen-bond donors (Lipinski definition) is 1. The van der Waals surface area contributed by atoms with Crippen LogP contribution >= 0.6 is 34.8 Å². The van der Waals surface area contributed by atoms with Gasteiger partial charge in [-0.3, -0.25) is 13.9 Å². The molecule has 3 rings (SSSR count). The highest BCUT2D eigenvalue weighted by atomic mass is 35.5. The average molecular weight is 625 g/mol. The Balaban J connectivity index is 2.05. The molecule has 0 aromatic heterocycles. The van der Waals surface area contributed by atoms with Gasteiger partial charge in [-0.05, 0) is 82.6 Å². The summed E-state index contributed by atoms with van der Waals surface area (Å²) in [4.78, 5) is 28.5. The smallest absolute Gasteiger partial charge is 0.264 e. The van der Waals surface area contributed by atoms with Crippen LogP contribution in [0.3, 0.4) is 0 Å². The van der Waals surface area contributed by atoms with Crippen LogP contribution in [0.4, 0.5) is 5.69 Å². The lowest BCUT2D eigenvalue weighted by atomic mass is 10.1. The Morgan fingerprint density at radius 1 is 0.925 bits per heavy atom. The largest absolute Gasteiger partial charge is 0.350 e. The summed E-state index contributed by atoms with van der Waals surface area (Å²) in [7, 11) is -4.19. The van der Waals surface area contributed by atoms with Crippen molar-refractivity contribution in [2.75, 3.05) is 10.8 Å². The van der Waals surface area contributed by atoms with Gasteiger partial charge in [0.05, 0.1) is 20.6 Å². The lowest BCUT2D eigenvalue weighted by Gasteiger charge is -2.33. The third kappa shape index (κ3) is 8.13. The molecule has 0 heterocycles. The fourth-order valence-electron chi connectivity index (χ4n) is 3.89. The number of hydrogen-bond acceptors (Lipinski definition) is 4. The zero-order valence-electron chi connectivity index (χ0n) is 22.9. The molecule has 0 saturated carbocycles. The Morgan fingerprint density at radius 3 is 2.15 bits per heavy atom. The molecule has 7 nitrogen and oxygen atoms in total. The van der Waals surface area contributed by atoms with Crippen LogP contribution in [0, 0.1) is 6.92 Å². The van der Waals surface area contributed by atoms with Crippen LogP contribution in [-0.4, -0.2) is 43.3 Å². The van der Waals surface area contributed by atoms with Crippen molar-refractivity contribution in [1.29, 1.82) is 0 Å². The van der Waals surface area contributed by atoms with E-state index in [9.17, 15) is 18.0 Å². The van der Waals surface area contributed by atoms with E-state index < -0.39 is 40.0 Å². The van der Waals surface area contributed by atoms with E-state index in [-0.39, 0.29) is 17.1 Å². The maximum atomic E-state index is 14.0. The summed E-state index contributed by atoms with van der Waals surface area (Å²) in [6, 6.07) is 16.5. The molecule has 11 heteroatoms. The third-order valence-electron chi connectivity index (χ3n) is 5.99. The van der Waals surface area contributed by atoms with Gasteiger partial charge < -0.3 is 10.2 Å². The predicted octanol–water partition coefficient (Wildman–Crippen LogP) is 6.48. The third-order valence-corrected chi connectivity index (χ3v) is 8.75. The number of carbonyl (C=O) groups is 2. The molecule has 0 aliphatic rings. The molecule has 0 saturated heterocycles. The molecule has 214 valence electrons. The summed E-state index contributed by atoms with van der Waals surface area (Å²) < 4.78 is 28.7. The van der Waals surface area contributed by atoms with Crippen molar-refractivity contribution < 1.29 is 18.0 Å². The van der Waals surface area contributed by atoms with Gasteiger partial charge in [0.1, 0.15) is 12.6 Å². The molecule has 0 fully saturated rings. The van der Waals surface area contributed by atoms with E-state index in [1.807, 2.05) is 27.7 Å². The van der Waals surface area contributed by atoms with Crippen LogP contribution in [-0.2, 0) is 26.2 Å². The minimum Gasteiger partial charge on any atom is -0.350 e. The Labute approximate surface area is 251 Å². The Bertz CT molecular complexity index is 1490. The number of rotatable bonds is 9. The van der Waals surface area contributed by atoms with E-state index >= 15 is 0 Å². The van der Waals surface area contributed by atoms with Gasteiger partial charge in [-0.1, -0.05) is 64.6 Å². The van der Waals surface area contributed by atoms with Crippen LogP contribution in [0.25, 0.3) is 0 Å². The minimum absolute atomic E-state index is 0.0115. The summed E-state index contributed by atoms with van der Waals surface area (Å²) in [5.41, 5.74) is 1.16. The van der Waals surface area contributed by atoms with Gasteiger partial charge in [0.2, 0.25) is 11.8 Å². The number of amides is 2. The highest BCUT2D eigenvalue weighted by Gasteiger charge is 2.33. The highest BCUT2D eigenvalue weighted by Crippen LogP contribution is 2.28. The number of anilines is 1. The maximum absolute atomic E-state index is 14.0. The second-order valence-corrected chi connectivity index (χ2v) is 13.6. The topological polar surface area (TPSA) is 86.8 Å². The number of carbonyl (C=O) groups excluding carboxylic acids is 2. The summed E-state index contributed by atoms with van der Waals surface area (Å²) >= 11 is 18.5. The maximum Gasteiger partial charge on any atom is 0.264 e. The Hall–Kier alpha value is -2.78. The molecule has 0 aliphatic carbocycles. The molecule has 0 aliphatic heterocycles. The molecular formula is C29H32Cl3N3O4S. The number of benzene rings is 3. The van der Waals surface area contributed by atoms with E-state index in [0.717, 1.165) is 9.87 Å². The SMILES string of the molecule is Cc1ccc(S(=O)(=O)N(CC(=O)N(Cc2ccc(Cl)c(Cl)c2)[C@@H](C)C(=O)NC(C)(C)C)c2cccc(Cl)c2)cc1. The van der Waals surface area contributed by atoms with Crippen LogP contribution in [0.5, 0.6) is 0 Å². The first-order valence-corrected chi connectivity index (χ1v) is 15.1. The van der Waals surface area contributed by atoms with Crippen molar-refractivity contribution in [1.82, 2.24) is 10.2 Å². The van der Waals surface area contributed by atoms with Crippen LogP contribution in [0.15, 0.2) is 71.6 Å². The lowest BCUT2D eigenvalue weighted by molar-refractivity contribution is -0.140. The van der Waals surface area contributed by atoms with E-state index in [2.05, 4.69) is 5.32 Å². The summed E-state index contributed by atoms with van der Waals surface area (Å²) in [6.07, 6.45) is 0. The first kappa shape index (κ1) is 31.7. The second-order valence-electron chi connectivity index (χ2n) is 10.5. The minimum atomic E-state index is -4.19. The van der Waals surface area contributed by atoms with Crippen molar-refractivity contribution >= 4 is 62.3 Å².